The predicted octanol–water partition coefficient (Wildman–Crippen LogP) is 4.41. The predicted molar refractivity (Wildman–Crippen MR) is 127 cm³/mol. The molecule has 0 aliphatic carbocycles. The van der Waals surface area contributed by atoms with Gasteiger partial charge in [-0.3, -0.25) is 4.90 Å². The number of aliphatic imine (C=N–C) groups is 1. The summed E-state index contributed by atoms with van der Waals surface area (Å²) in [6.45, 7) is 11.2. The molecule has 1 atom stereocenters. The van der Waals surface area contributed by atoms with Crippen LogP contribution in [0.2, 0.25) is 0 Å². The molecule has 1 aliphatic heterocycles. The fourth-order valence-corrected chi connectivity index (χ4v) is 4.03. The van der Waals surface area contributed by atoms with E-state index < -0.39 is 5.97 Å². The van der Waals surface area contributed by atoms with Gasteiger partial charge < -0.3 is 15.3 Å². The van der Waals surface area contributed by atoms with E-state index in [4.69, 9.17) is 4.99 Å². The monoisotopic (exact) mass is 422 g/mol. The Labute approximate surface area is 185 Å². The Balaban J connectivity index is 1.73. The zero-order chi connectivity index (χ0) is 22.2. The summed E-state index contributed by atoms with van der Waals surface area (Å²) >= 11 is 0. The van der Waals surface area contributed by atoms with Gasteiger partial charge in [-0.05, 0) is 43.0 Å². The Hall–Kier alpha value is -2.86. The minimum atomic E-state index is -0.931. The van der Waals surface area contributed by atoms with Crippen molar-refractivity contribution in [1.82, 2.24) is 9.80 Å². The second-order valence-electron chi connectivity index (χ2n) is 8.64. The number of nitrogens with zero attached hydrogens (tertiary/aromatic N) is 3. The molecule has 1 saturated heterocycles. The van der Waals surface area contributed by atoms with Crippen molar-refractivity contribution in [2.75, 3.05) is 31.5 Å². The van der Waals surface area contributed by atoms with Crippen LogP contribution in [0.3, 0.4) is 0 Å². The Morgan fingerprint density at radius 2 is 1.74 bits per heavy atom. The highest BCUT2D eigenvalue weighted by molar-refractivity contribution is 5.95. The van der Waals surface area contributed by atoms with Gasteiger partial charge in [0.2, 0.25) is 0 Å². The summed E-state index contributed by atoms with van der Waals surface area (Å²) in [6.07, 6.45) is 1.20. The lowest BCUT2D eigenvalue weighted by molar-refractivity contribution is 0.0697. The summed E-state index contributed by atoms with van der Waals surface area (Å²) in [5.74, 6) is 0.556. The maximum absolute atomic E-state index is 11.4. The van der Waals surface area contributed by atoms with Crippen LogP contribution in [-0.4, -0.2) is 59.1 Å². The third-order valence-corrected chi connectivity index (χ3v) is 5.67. The molecular weight excluding hydrogens is 388 g/mol. The lowest BCUT2D eigenvalue weighted by atomic mass is 10.0. The van der Waals surface area contributed by atoms with E-state index in [2.05, 4.69) is 48.0 Å². The van der Waals surface area contributed by atoms with Crippen LogP contribution in [0.1, 0.15) is 43.1 Å². The summed E-state index contributed by atoms with van der Waals surface area (Å²) in [5.41, 5.74) is 2.15. The van der Waals surface area contributed by atoms with Crippen molar-refractivity contribution < 1.29 is 9.90 Å². The molecule has 1 heterocycles. The van der Waals surface area contributed by atoms with Gasteiger partial charge in [-0.25, -0.2) is 9.79 Å². The maximum Gasteiger partial charge on any atom is 0.335 e. The fraction of sp³-hybridized carbons (Fsp3) is 0.440. The molecule has 2 N–H and O–H groups in total. The smallest absolute Gasteiger partial charge is 0.335 e. The van der Waals surface area contributed by atoms with E-state index in [1.807, 2.05) is 24.3 Å². The van der Waals surface area contributed by atoms with Gasteiger partial charge in [0.05, 0.1) is 12.1 Å². The van der Waals surface area contributed by atoms with Crippen molar-refractivity contribution in [2.24, 2.45) is 10.9 Å². The number of carboxylic acid groups (broad SMARTS) is 1. The van der Waals surface area contributed by atoms with Gasteiger partial charge in [0.1, 0.15) is 0 Å². The quantitative estimate of drug-likeness (QED) is 0.511. The van der Waals surface area contributed by atoms with Crippen molar-refractivity contribution in [1.29, 1.82) is 0 Å². The SMILES string of the molecule is CC(C)CC(C)N1CCN(C(=NCc2ccccc2)Nc2cccc(C(=O)O)c2)CC1. The van der Waals surface area contributed by atoms with E-state index in [9.17, 15) is 9.90 Å². The van der Waals surface area contributed by atoms with Gasteiger partial charge in [0.15, 0.2) is 5.96 Å². The Kier molecular flexibility index (Phi) is 8.06. The molecule has 166 valence electrons. The number of nitrogens with one attached hydrogen (secondary N) is 1. The van der Waals surface area contributed by atoms with Crippen molar-refractivity contribution >= 4 is 17.6 Å². The van der Waals surface area contributed by atoms with Gasteiger partial charge in [0, 0.05) is 37.9 Å². The first-order valence-corrected chi connectivity index (χ1v) is 11.1. The molecule has 6 heteroatoms. The lowest BCUT2D eigenvalue weighted by Crippen LogP contribution is -2.53. The normalized spacial score (nSPS) is 16.4. The van der Waals surface area contributed by atoms with Crippen molar-refractivity contribution in [3.05, 3.63) is 65.7 Å². The molecule has 0 radical (unpaired) electrons. The molecule has 2 aromatic carbocycles. The summed E-state index contributed by atoms with van der Waals surface area (Å²) in [6, 6.07) is 17.6. The van der Waals surface area contributed by atoms with Gasteiger partial charge in [-0.2, -0.15) is 0 Å². The number of carboxylic acids is 1. The number of hydrogen-bond donors (Lipinski definition) is 2. The standard InChI is InChI=1S/C25H34N4O2/c1-19(2)16-20(3)28-12-14-29(15-13-28)25(26-18-21-8-5-4-6-9-21)27-23-11-7-10-22(17-23)24(30)31/h4-11,17,19-20H,12-16,18H2,1-3H3,(H,26,27)(H,30,31). The minimum Gasteiger partial charge on any atom is -0.478 e. The average molecular weight is 423 g/mol. The van der Waals surface area contributed by atoms with E-state index in [0.717, 1.165) is 43.4 Å². The third kappa shape index (κ3) is 6.82. The third-order valence-electron chi connectivity index (χ3n) is 5.67. The highest BCUT2D eigenvalue weighted by Gasteiger charge is 2.23. The number of guanidine groups is 1. The lowest BCUT2D eigenvalue weighted by Gasteiger charge is -2.40. The topological polar surface area (TPSA) is 68.2 Å². The van der Waals surface area contributed by atoms with E-state index in [-0.39, 0.29) is 5.56 Å². The van der Waals surface area contributed by atoms with E-state index >= 15 is 0 Å². The molecule has 0 aromatic heterocycles. The molecule has 0 spiro atoms. The Morgan fingerprint density at radius 3 is 2.39 bits per heavy atom. The minimum absolute atomic E-state index is 0.264. The first-order chi connectivity index (χ1) is 14.9. The van der Waals surface area contributed by atoms with Crippen molar-refractivity contribution in [3.63, 3.8) is 0 Å². The molecule has 2 aromatic rings. The molecule has 0 saturated carbocycles. The van der Waals surface area contributed by atoms with Crippen LogP contribution >= 0.6 is 0 Å². The van der Waals surface area contributed by atoms with Crippen LogP contribution in [0.4, 0.5) is 5.69 Å². The molecular formula is C25H34N4O2. The van der Waals surface area contributed by atoms with Crippen LogP contribution in [0.5, 0.6) is 0 Å². The average Bonchev–Trinajstić information content (AvgIpc) is 2.77. The summed E-state index contributed by atoms with van der Waals surface area (Å²) in [5, 5.41) is 12.7. The molecule has 3 rings (SSSR count). The molecule has 1 unspecified atom stereocenters. The molecule has 1 aliphatic rings. The van der Waals surface area contributed by atoms with E-state index in [0.29, 0.717) is 18.5 Å². The molecule has 0 bridgehead atoms. The highest BCUT2D eigenvalue weighted by Crippen LogP contribution is 2.16. The van der Waals surface area contributed by atoms with Crippen LogP contribution in [0.25, 0.3) is 0 Å². The number of carbonyl (C=O) groups is 1. The molecule has 0 amide bonds. The van der Waals surface area contributed by atoms with Gasteiger partial charge in [0.25, 0.3) is 0 Å². The van der Waals surface area contributed by atoms with Crippen LogP contribution in [0.15, 0.2) is 59.6 Å². The van der Waals surface area contributed by atoms with Crippen molar-refractivity contribution in [3.8, 4) is 0 Å². The molecule has 1 fully saturated rings. The summed E-state index contributed by atoms with van der Waals surface area (Å²) in [4.78, 5) is 21.0. The van der Waals surface area contributed by atoms with E-state index in [1.165, 1.54) is 6.42 Å². The Bertz CT molecular complexity index is 874. The molecule has 6 nitrogen and oxygen atoms in total. The van der Waals surface area contributed by atoms with Crippen LogP contribution in [0, 0.1) is 5.92 Å². The van der Waals surface area contributed by atoms with Crippen molar-refractivity contribution in [2.45, 2.75) is 39.8 Å². The second kappa shape index (κ2) is 11.0. The number of aromatic carboxylic acids is 1. The first-order valence-electron chi connectivity index (χ1n) is 11.1. The number of rotatable bonds is 7. The number of benzene rings is 2. The summed E-state index contributed by atoms with van der Waals surface area (Å²) < 4.78 is 0. The largest absolute Gasteiger partial charge is 0.478 e. The highest BCUT2D eigenvalue weighted by atomic mass is 16.4. The number of anilines is 1. The molecule has 31 heavy (non-hydrogen) atoms. The maximum atomic E-state index is 11.4. The Morgan fingerprint density at radius 1 is 1.03 bits per heavy atom. The first kappa shape index (κ1) is 22.8. The number of piperazine rings is 1. The second-order valence-corrected chi connectivity index (χ2v) is 8.64. The van der Waals surface area contributed by atoms with Gasteiger partial charge >= 0.3 is 5.97 Å². The fourth-order valence-electron chi connectivity index (χ4n) is 4.03. The summed E-state index contributed by atoms with van der Waals surface area (Å²) in [7, 11) is 0. The zero-order valence-electron chi connectivity index (χ0n) is 18.8. The van der Waals surface area contributed by atoms with Crippen LogP contribution < -0.4 is 5.32 Å². The zero-order valence-corrected chi connectivity index (χ0v) is 18.8. The van der Waals surface area contributed by atoms with E-state index in [1.54, 1.807) is 18.2 Å². The van der Waals surface area contributed by atoms with Gasteiger partial charge in [-0.15, -0.1) is 0 Å². The van der Waals surface area contributed by atoms with Gasteiger partial charge in [-0.1, -0.05) is 50.2 Å². The number of hydrogen-bond acceptors (Lipinski definition) is 3. The van der Waals surface area contributed by atoms with Crippen LogP contribution in [-0.2, 0) is 6.54 Å².